The van der Waals surface area contributed by atoms with Crippen molar-refractivity contribution >= 4 is 0 Å². The van der Waals surface area contributed by atoms with E-state index in [0.29, 0.717) is 6.61 Å². The second kappa shape index (κ2) is 7.46. The van der Waals surface area contributed by atoms with Crippen LogP contribution < -0.4 is 0 Å². The summed E-state index contributed by atoms with van der Waals surface area (Å²) in [4.78, 5) is 2.34. The summed E-state index contributed by atoms with van der Waals surface area (Å²) in [6.45, 7) is 6.80. The molecule has 0 atom stereocenters. The van der Waals surface area contributed by atoms with Crippen LogP contribution in [0.4, 0.5) is 0 Å². The fraction of sp³-hybridized carbons (Fsp3) is 0.600. The number of hydrogen-bond donors (Lipinski definition) is 1. The van der Waals surface area contributed by atoms with E-state index in [-0.39, 0.29) is 0 Å². The number of aliphatic hydroxyl groups is 1. The van der Waals surface area contributed by atoms with E-state index in [1.165, 1.54) is 16.7 Å². The molecule has 0 heterocycles. The number of unbranched alkanes of at least 4 members (excludes halogenated alkanes) is 1. The lowest BCUT2D eigenvalue weighted by atomic mass is 10.0. The Morgan fingerprint density at radius 2 is 1.88 bits per heavy atom. The largest absolute Gasteiger partial charge is 0.396 e. The van der Waals surface area contributed by atoms with Crippen LogP contribution in [0.2, 0.25) is 0 Å². The van der Waals surface area contributed by atoms with Gasteiger partial charge in [-0.25, -0.2) is 0 Å². The average Bonchev–Trinajstić information content (AvgIpc) is 2.28. The fourth-order valence-corrected chi connectivity index (χ4v) is 2.04. The summed E-state index contributed by atoms with van der Waals surface area (Å²) in [6, 6.07) is 6.68. The number of likely N-dealkylation sites (N-methyl/N-ethyl adjacent to an activating group) is 1. The zero-order valence-electron chi connectivity index (χ0n) is 11.4. The third kappa shape index (κ3) is 5.33. The van der Waals surface area contributed by atoms with Crippen molar-refractivity contribution in [2.24, 2.45) is 0 Å². The molecule has 0 aromatic heterocycles. The highest BCUT2D eigenvalue weighted by atomic mass is 16.2. The van der Waals surface area contributed by atoms with Gasteiger partial charge in [0, 0.05) is 13.2 Å². The Balaban J connectivity index is 2.34. The summed E-state index contributed by atoms with van der Waals surface area (Å²) in [5, 5.41) is 8.73. The van der Waals surface area contributed by atoms with Crippen molar-refractivity contribution in [3.63, 3.8) is 0 Å². The Kier molecular flexibility index (Phi) is 6.23. The summed E-state index contributed by atoms with van der Waals surface area (Å²) in [6.07, 6.45) is 3.11. The van der Waals surface area contributed by atoms with Crippen molar-refractivity contribution in [2.75, 3.05) is 26.7 Å². The normalized spacial score (nSPS) is 11.1. The van der Waals surface area contributed by atoms with Crippen LogP contribution in [-0.2, 0) is 6.42 Å². The van der Waals surface area contributed by atoms with E-state index in [4.69, 9.17) is 5.11 Å². The maximum absolute atomic E-state index is 8.73. The molecule has 0 aliphatic heterocycles. The van der Waals surface area contributed by atoms with Crippen LogP contribution in [0, 0.1) is 13.8 Å². The van der Waals surface area contributed by atoms with E-state index in [9.17, 15) is 0 Å². The first-order valence-corrected chi connectivity index (χ1v) is 6.49. The van der Waals surface area contributed by atoms with Gasteiger partial charge in [0.05, 0.1) is 0 Å². The molecule has 2 heteroatoms. The van der Waals surface area contributed by atoms with E-state index >= 15 is 0 Å². The number of aliphatic hydroxyl groups excluding tert-OH is 1. The monoisotopic (exact) mass is 235 g/mol. The molecule has 0 spiro atoms. The quantitative estimate of drug-likeness (QED) is 0.734. The van der Waals surface area contributed by atoms with E-state index in [2.05, 4.69) is 44.0 Å². The Bertz CT molecular complexity index is 336. The first kappa shape index (κ1) is 14.2. The zero-order valence-corrected chi connectivity index (χ0v) is 11.4. The van der Waals surface area contributed by atoms with Crippen LogP contribution in [0.5, 0.6) is 0 Å². The topological polar surface area (TPSA) is 23.5 Å². The third-order valence-electron chi connectivity index (χ3n) is 3.21. The van der Waals surface area contributed by atoms with Gasteiger partial charge in [-0.3, -0.25) is 0 Å². The molecule has 0 amide bonds. The molecule has 2 nitrogen and oxygen atoms in total. The maximum Gasteiger partial charge on any atom is 0.0431 e. The van der Waals surface area contributed by atoms with Crippen molar-refractivity contribution in [2.45, 2.75) is 33.1 Å². The number of nitrogens with zero attached hydrogens (tertiary/aromatic N) is 1. The average molecular weight is 235 g/mol. The molecular formula is C15H25NO. The highest BCUT2D eigenvalue weighted by molar-refractivity contribution is 5.30. The van der Waals surface area contributed by atoms with Crippen LogP contribution in [-0.4, -0.2) is 36.8 Å². The number of aryl methyl sites for hydroxylation is 2. The van der Waals surface area contributed by atoms with Gasteiger partial charge < -0.3 is 10.0 Å². The first-order chi connectivity index (χ1) is 8.13. The lowest BCUT2D eigenvalue weighted by Gasteiger charge is -2.17. The van der Waals surface area contributed by atoms with Crippen LogP contribution >= 0.6 is 0 Å². The number of rotatable bonds is 7. The smallest absolute Gasteiger partial charge is 0.0431 e. The van der Waals surface area contributed by atoms with Crippen molar-refractivity contribution in [3.05, 3.63) is 34.9 Å². The summed E-state index contributed by atoms with van der Waals surface area (Å²) in [5.74, 6) is 0. The van der Waals surface area contributed by atoms with E-state index in [0.717, 1.165) is 32.4 Å². The van der Waals surface area contributed by atoms with Crippen LogP contribution in [0.3, 0.4) is 0 Å². The molecule has 1 aromatic carbocycles. The molecule has 96 valence electrons. The minimum atomic E-state index is 0.310. The Morgan fingerprint density at radius 3 is 2.53 bits per heavy atom. The van der Waals surface area contributed by atoms with Gasteiger partial charge >= 0.3 is 0 Å². The molecule has 1 rings (SSSR count). The SMILES string of the molecule is Cc1ccc(CCN(C)CCCCO)c(C)c1. The molecule has 1 N–H and O–H groups in total. The summed E-state index contributed by atoms with van der Waals surface area (Å²) >= 11 is 0. The predicted octanol–water partition coefficient (Wildman–Crippen LogP) is 2.55. The Labute approximate surface area is 105 Å². The minimum Gasteiger partial charge on any atom is -0.396 e. The van der Waals surface area contributed by atoms with Gasteiger partial charge in [0.15, 0.2) is 0 Å². The Morgan fingerprint density at radius 1 is 1.12 bits per heavy atom. The molecular weight excluding hydrogens is 210 g/mol. The third-order valence-corrected chi connectivity index (χ3v) is 3.21. The van der Waals surface area contributed by atoms with Gasteiger partial charge in [0.2, 0.25) is 0 Å². The zero-order chi connectivity index (χ0) is 12.7. The van der Waals surface area contributed by atoms with E-state index in [1.807, 2.05) is 0 Å². The van der Waals surface area contributed by atoms with Gasteiger partial charge in [0.1, 0.15) is 0 Å². The second-order valence-electron chi connectivity index (χ2n) is 4.91. The van der Waals surface area contributed by atoms with Crippen molar-refractivity contribution in [1.82, 2.24) is 4.90 Å². The first-order valence-electron chi connectivity index (χ1n) is 6.49. The Hall–Kier alpha value is -0.860. The van der Waals surface area contributed by atoms with Gasteiger partial charge in [-0.05, 0) is 57.8 Å². The van der Waals surface area contributed by atoms with Crippen molar-refractivity contribution in [1.29, 1.82) is 0 Å². The van der Waals surface area contributed by atoms with Crippen LogP contribution in [0.25, 0.3) is 0 Å². The molecule has 17 heavy (non-hydrogen) atoms. The molecule has 0 unspecified atom stereocenters. The highest BCUT2D eigenvalue weighted by Gasteiger charge is 2.02. The standard InChI is InChI=1S/C15H25NO/c1-13-6-7-15(14(2)12-13)8-10-16(3)9-4-5-11-17/h6-7,12,17H,4-5,8-11H2,1-3H3. The molecule has 0 aliphatic rings. The molecule has 0 saturated heterocycles. The fourth-order valence-electron chi connectivity index (χ4n) is 2.04. The molecule has 0 saturated carbocycles. The number of benzene rings is 1. The van der Waals surface area contributed by atoms with Gasteiger partial charge in [-0.2, -0.15) is 0 Å². The maximum atomic E-state index is 8.73. The lowest BCUT2D eigenvalue weighted by molar-refractivity contribution is 0.264. The number of hydrogen-bond acceptors (Lipinski definition) is 2. The van der Waals surface area contributed by atoms with Crippen molar-refractivity contribution in [3.8, 4) is 0 Å². The summed E-state index contributed by atoms with van der Waals surface area (Å²) < 4.78 is 0. The highest BCUT2D eigenvalue weighted by Crippen LogP contribution is 2.11. The summed E-state index contributed by atoms with van der Waals surface area (Å²) in [7, 11) is 2.15. The van der Waals surface area contributed by atoms with Crippen molar-refractivity contribution < 1.29 is 5.11 Å². The molecule has 0 bridgehead atoms. The molecule has 1 aromatic rings. The predicted molar refractivity (Wildman–Crippen MR) is 73.4 cm³/mol. The minimum absolute atomic E-state index is 0.310. The second-order valence-corrected chi connectivity index (χ2v) is 4.91. The summed E-state index contributed by atoms with van der Waals surface area (Å²) in [5.41, 5.74) is 4.18. The van der Waals surface area contributed by atoms with Gasteiger partial charge in [-0.15, -0.1) is 0 Å². The lowest BCUT2D eigenvalue weighted by Crippen LogP contribution is -2.22. The molecule has 0 radical (unpaired) electrons. The van der Waals surface area contributed by atoms with E-state index < -0.39 is 0 Å². The van der Waals surface area contributed by atoms with Gasteiger partial charge in [0.25, 0.3) is 0 Å². The molecule has 0 aliphatic carbocycles. The van der Waals surface area contributed by atoms with E-state index in [1.54, 1.807) is 0 Å². The van der Waals surface area contributed by atoms with Crippen LogP contribution in [0.15, 0.2) is 18.2 Å². The van der Waals surface area contributed by atoms with Gasteiger partial charge in [-0.1, -0.05) is 23.8 Å². The molecule has 0 fully saturated rings. The van der Waals surface area contributed by atoms with Crippen LogP contribution in [0.1, 0.15) is 29.5 Å².